The van der Waals surface area contributed by atoms with Gasteiger partial charge in [-0.25, -0.2) is 0 Å². The molecule has 1 fully saturated rings. The zero-order valence-electron chi connectivity index (χ0n) is 18.4. The Bertz CT molecular complexity index is 1050. The van der Waals surface area contributed by atoms with Crippen LogP contribution < -0.4 is 0 Å². The number of pyridine rings is 1. The molecule has 6 nitrogen and oxygen atoms in total. The first-order valence-electron chi connectivity index (χ1n) is 10.6. The highest BCUT2D eigenvalue weighted by atomic mass is 32.1. The minimum Gasteiger partial charge on any atom is -0.361 e. The molecule has 0 saturated carbocycles. The predicted octanol–water partition coefficient (Wildman–Crippen LogP) is 3.28. The molecule has 3 aromatic rings. The lowest BCUT2D eigenvalue weighted by Crippen LogP contribution is -2.62. The first kappa shape index (κ1) is 22.2. The lowest BCUT2D eigenvalue weighted by Gasteiger charge is -2.43. The van der Waals surface area contributed by atoms with Gasteiger partial charge in [-0.15, -0.1) is 11.3 Å². The SMILES string of the molecule is CN(C)C(=O)[C@@]1(Cc2ccc(-c3cccs3)cc2)CN(C(=O)Cc2cccnc2)CCO1. The lowest BCUT2D eigenvalue weighted by molar-refractivity contribution is -0.172. The van der Waals surface area contributed by atoms with Gasteiger partial charge in [0.2, 0.25) is 5.91 Å². The number of morpholine rings is 1. The second kappa shape index (κ2) is 9.63. The first-order valence-corrected chi connectivity index (χ1v) is 11.5. The van der Waals surface area contributed by atoms with E-state index < -0.39 is 5.60 Å². The Balaban J connectivity index is 1.54. The van der Waals surface area contributed by atoms with E-state index in [1.165, 1.54) is 4.88 Å². The topological polar surface area (TPSA) is 62.7 Å². The minimum atomic E-state index is -1.10. The number of aromatic nitrogens is 1. The number of thiophene rings is 1. The van der Waals surface area contributed by atoms with Gasteiger partial charge in [-0.05, 0) is 34.2 Å². The van der Waals surface area contributed by atoms with E-state index in [-0.39, 0.29) is 24.8 Å². The zero-order chi connectivity index (χ0) is 22.6. The second-order valence-corrected chi connectivity index (χ2v) is 9.19. The highest BCUT2D eigenvalue weighted by Gasteiger charge is 2.45. The van der Waals surface area contributed by atoms with Crippen LogP contribution in [0.5, 0.6) is 0 Å². The van der Waals surface area contributed by atoms with Crippen molar-refractivity contribution in [1.82, 2.24) is 14.8 Å². The highest BCUT2D eigenvalue weighted by Crippen LogP contribution is 2.29. The van der Waals surface area contributed by atoms with Gasteiger partial charge in [-0.3, -0.25) is 14.6 Å². The average Bonchev–Trinajstić information content (AvgIpc) is 3.35. The van der Waals surface area contributed by atoms with Crippen molar-refractivity contribution in [2.75, 3.05) is 33.8 Å². The van der Waals surface area contributed by atoms with E-state index in [4.69, 9.17) is 4.74 Å². The number of ether oxygens (including phenoxy) is 1. The number of carbonyl (C=O) groups excluding carboxylic acids is 2. The maximum Gasteiger partial charge on any atom is 0.256 e. The third-order valence-corrected chi connectivity index (χ3v) is 6.58. The van der Waals surface area contributed by atoms with E-state index in [1.54, 1.807) is 47.6 Å². The van der Waals surface area contributed by atoms with E-state index in [9.17, 15) is 9.59 Å². The summed E-state index contributed by atoms with van der Waals surface area (Å²) in [5.41, 5.74) is 1.91. The van der Waals surface area contributed by atoms with Crippen LogP contribution in [0, 0.1) is 0 Å². The second-order valence-electron chi connectivity index (χ2n) is 8.25. The molecule has 0 N–H and O–H groups in total. The van der Waals surface area contributed by atoms with Gasteiger partial charge < -0.3 is 14.5 Å². The molecule has 1 saturated heterocycles. The number of nitrogens with zero attached hydrogens (tertiary/aromatic N) is 3. The van der Waals surface area contributed by atoms with Crippen molar-refractivity contribution < 1.29 is 14.3 Å². The minimum absolute atomic E-state index is 0.0229. The van der Waals surface area contributed by atoms with Gasteiger partial charge in [0.25, 0.3) is 5.91 Å². The van der Waals surface area contributed by atoms with Gasteiger partial charge in [-0.2, -0.15) is 0 Å². The number of likely N-dealkylation sites (N-methyl/N-ethyl adjacent to an activating group) is 1. The summed E-state index contributed by atoms with van der Waals surface area (Å²) in [5, 5.41) is 2.06. The summed E-state index contributed by atoms with van der Waals surface area (Å²) >= 11 is 1.70. The summed E-state index contributed by atoms with van der Waals surface area (Å²) in [7, 11) is 3.45. The molecule has 1 aromatic carbocycles. The van der Waals surface area contributed by atoms with Crippen molar-refractivity contribution >= 4 is 23.2 Å². The molecule has 0 spiro atoms. The quantitative estimate of drug-likeness (QED) is 0.579. The van der Waals surface area contributed by atoms with Crippen molar-refractivity contribution in [1.29, 1.82) is 0 Å². The number of hydrogen-bond acceptors (Lipinski definition) is 5. The van der Waals surface area contributed by atoms with Crippen LogP contribution in [-0.2, 0) is 27.2 Å². The molecule has 0 bridgehead atoms. The van der Waals surface area contributed by atoms with Crippen molar-refractivity contribution in [2.24, 2.45) is 0 Å². The van der Waals surface area contributed by atoms with E-state index in [0.29, 0.717) is 19.6 Å². The number of rotatable bonds is 6. The molecular weight excluding hydrogens is 422 g/mol. The maximum atomic E-state index is 13.3. The van der Waals surface area contributed by atoms with Gasteiger partial charge in [-0.1, -0.05) is 36.4 Å². The largest absolute Gasteiger partial charge is 0.361 e. The van der Waals surface area contributed by atoms with Crippen LogP contribution in [0.2, 0.25) is 0 Å². The highest BCUT2D eigenvalue weighted by molar-refractivity contribution is 7.13. The smallest absolute Gasteiger partial charge is 0.256 e. The van der Waals surface area contributed by atoms with Crippen LogP contribution in [0.3, 0.4) is 0 Å². The standard InChI is InChI=1S/C25H27N3O3S/c1-27(2)24(30)25(16-19-7-9-21(10-8-19)22-6-4-14-32-22)18-28(12-13-31-25)23(29)15-20-5-3-11-26-17-20/h3-11,14,17H,12-13,15-16,18H2,1-2H3/t25-/m1/s1. The predicted molar refractivity (Wildman–Crippen MR) is 125 cm³/mol. The van der Waals surface area contributed by atoms with E-state index in [2.05, 4.69) is 28.6 Å². The molecule has 1 aliphatic heterocycles. The molecule has 2 amide bonds. The number of benzene rings is 1. The van der Waals surface area contributed by atoms with E-state index in [1.807, 2.05) is 30.3 Å². The Morgan fingerprint density at radius 3 is 2.59 bits per heavy atom. The van der Waals surface area contributed by atoms with Gasteiger partial charge in [0.15, 0.2) is 5.60 Å². The van der Waals surface area contributed by atoms with E-state index >= 15 is 0 Å². The molecule has 2 aromatic heterocycles. The van der Waals surface area contributed by atoms with Crippen LogP contribution in [0.1, 0.15) is 11.1 Å². The fourth-order valence-electron chi connectivity index (χ4n) is 4.07. The Morgan fingerprint density at radius 1 is 1.12 bits per heavy atom. The van der Waals surface area contributed by atoms with Crippen LogP contribution in [0.25, 0.3) is 10.4 Å². The summed E-state index contributed by atoms with van der Waals surface area (Å²) in [6.45, 7) is 1.03. The van der Waals surface area contributed by atoms with Gasteiger partial charge in [0.05, 0.1) is 19.6 Å². The molecule has 4 rings (SSSR count). The Kier molecular flexibility index (Phi) is 6.67. The van der Waals surface area contributed by atoms with Crippen molar-refractivity contribution in [3.8, 4) is 10.4 Å². The number of carbonyl (C=O) groups is 2. The van der Waals surface area contributed by atoms with Gasteiger partial charge in [0, 0.05) is 44.3 Å². The van der Waals surface area contributed by atoms with Crippen molar-refractivity contribution in [2.45, 2.75) is 18.4 Å². The lowest BCUT2D eigenvalue weighted by atomic mass is 9.90. The first-order chi connectivity index (χ1) is 15.5. The summed E-state index contributed by atoms with van der Waals surface area (Å²) < 4.78 is 6.13. The molecule has 1 aliphatic rings. The molecule has 0 aliphatic carbocycles. The fraction of sp³-hybridized carbons (Fsp3) is 0.320. The summed E-state index contributed by atoms with van der Waals surface area (Å²) in [4.78, 5) is 34.8. The van der Waals surface area contributed by atoms with Crippen LogP contribution in [0.15, 0.2) is 66.3 Å². The van der Waals surface area contributed by atoms with Crippen molar-refractivity contribution in [3.05, 3.63) is 77.4 Å². The molecule has 3 heterocycles. The molecule has 7 heteroatoms. The molecule has 1 atom stereocenters. The van der Waals surface area contributed by atoms with E-state index in [0.717, 1.165) is 16.7 Å². The Hall–Kier alpha value is -3.03. The fourth-order valence-corrected chi connectivity index (χ4v) is 4.80. The Morgan fingerprint density at radius 2 is 1.94 bits per heavy atom. The van der Waals surface area contributed by atoms with Crippen LogP contribution >= 0.6 is 11.3 Å². The molecular formula is C25H27N3O3S. The average molecular weight is 450 g/mol. The molecule has 166 valence electrons. The third-order valence-electron chi connectivity index (χ3n) is 5.66. The van der Waals surface area contributed by atoms with Gasteiger partial charge in [0.1, 0.15) is 0 Å². The third kappa shape index (κ3) is 4.89. The molecule has 0 radical (unpaired) electrons. The monoisotopic (exact) mass is 449 g/mol. The maximum absolute atomic E-state index is 13.3. The van der Waals surface area contributed by atoms with Crippen LogP contribution in [-0.4, -0.2) is 66.0 Å². The molecule has 32 heavy (non-hydrogen) atoms. The van der Waals surface area contributed by atoms with Crippen molar-refractivity contribution in [3.63, 3.8) is 0 Å². The van der Waals surface area contributed by atoms with Crippen LogP contribution in [0.4, 0.5) is 0 Å². The summed E-state index contributed by atoms with van der Waals surface area (Å²) in [6.07, 6.45) is 4.06. The normalized spacial score (nSPS) is 18.4. The zero-order valence-corrected chi connectivity index (χ0v) is 19.2. The van der Waals surface area contributed by atoms with Gasteiger partial charge >= 0.3 is 0 Å². The summed E-state index contributed by atoms with van der Waals surface area (Å²) in [6, 6.07) is 16.1. The number of hydrogen-bond donors (Lipinski definition) is 0. The summed E-state index contributed by atoms with van der Waals surface area (Å²) in [5.74, 6) is -0.149. The Labute approximate surface area is 192 Å². The number of amides is 2. The molecule has 0 unspecified atom stereocenters.